The number of morpholine rings is 1. The monoisotopic (exact) mass is 320 g/mol. The van der Waals surface area contributed by atoms with Gasteiger partial charge in [-0.2, -0.15) is 0 Å². The summed E-state index contributed by atoms with van der Waals surface area (Å²) < 4.78 is 19.6. The van der Waals surface area contributed by atoms with E-state index in [1.54, 1.807) is 30.0 Å². The molecule has 1 amide bonds. The Bertz CT molecular complexity index is 638. The number of ether oxygens (including phenoxy) is 1. The van der Waals surface area contributed by atoms with Crippen LogP contribution in [0.4, 0.5) is 4.39 Å². The number of amides is 1. The van der Waals surface area contributed by atoms with Crippen LogP contribution in [-0.2, 0) is 14.4 Å². The van der Waals surface area contributed by atoms with Gasteiger partial charge in [-0.1, -0.05) is 23.4 Å². The number of carbonyl (C=O) groups is 1. The zero-order valence-electron chi connectivity index (χ0n) is 13.6. The van der Waals surface area contributed by atoms with Gasteiger partial charge >= 0.3 is 0 Å². The smallest absolute Gasteiger partial charge is 0.269 e. The molecule has 0 saturated carbocycles. The molecule has 1 saturated heterocycles. The van der Waals surface area contributed by atoms with Gasteiger partial charge in [-0.3, -0.25) is 4.79 Å². The van der Waals surface area contributed by atoms with Gasteiger partial charge in [0.15, 0.2) is 0 Å². The van der Waals surface area contributed by atoms with Gasteiger partial charge in [-0.25, -0.2) is 4.39 Å². The highest BCUT2D eigenvalue weighted by atomic mass is 19.1. The van der Waals surface area contributed by atoms with Crippen LogP contribution in [0.15, 0.2) is 29.4 Å². The van der Waals surface area contributed by atoms with E-state index in [0.717, 1.165) is 0 Å². The molecule has 2 heterocycles. The molecule has 5 nitrogen and oxygen atoms in total. The van der Waals surface area contributed by atoms with Crippen LogP contribution in [0.1, 0.15) is 32.8 Å². The summed E-state index contributed by atoms with van der Waals surface area (Å²) in [4.78, 5) is 20.0. The van der Waals surface area contributed by atoms with Crippen molar-refractivity contribution >= 4 is 11.6 Å². The second-order valence-electron chi connectivity index (χ2n) is 6.48. The van der Waals surface area contributed by atoms with Crippen LogP contribution in [0.3, 0.4) is 0 Å². The predicted molar refractivity (Wildman–Crippen MR) is 83.6 cm³/mol. The fourth-order valence-corrected chi connectivity index (χ4v) is 3.17. The van der Waals surface area contributed by atoms with Crippen LogP contribution in [0, 0.1) is 5.82 Å². The van der Waals surface area contributed by atoms with Crippen LogP contribution in [0.25, 0.3) is 0 Å². The molecule has 6 heteroatoms. The van der Waals surface area contributed by atoms with E-state index in [-0.39, 0.29) is 30.4 Å². The maximum atomic E-state index is 13.9. The van der Waals surface area contributed by atoms with Crippen LogP contribution in [0.2, 0.25) is 0 Å². The number of halogens is 1. The van der Waals surface area contributed by atoms with Crippen molar-refractivity contribution in [1.82, 2.24) is 4.90 Å². The van der Waals surface area contributed by atoms with Crippen molar-refractivity contribution in [3.8, 4) is 0 Å². The number of benzene rings is 1. The minimum atomic E-state index is -1.09. The first kappa shape index (κ1) is 15.9. The van der Waals surface area contributed by atoms with Gasteiger partial charge in [0.2, 0.25) is 5.60 Å². The average Bonchev–Trinajstić information content (AvgIpc) is 2.89. The number of rotatable bonds is 2. The second-order valence-corrected chi connectivity index (χ2v) is 6.48. The van der Waals surface area contributed by atoms with Gasteiger partial charge < -0.3 is 14.5 Å². The summed E-state index contributed by atoms with van der Waals surface area (Å²) in [6.07, 6.45) is 0.228. The van der Waals surface area contributed by atoms with Crippen LogP contribution in [0.5, 0.6) is 0 Å². The number of hydrogen-bond acceptors (Lipinski definition) is 4. The van der Waals surface area contributed by atoms with E-state index >= 15 is 0 Å². The molecule has 0 aliphatic carbocycles. The lowest BCUT2D eigenvalue weighted by Gasteiger charge is -2.38. The molecule has 23 heavy (non-hydrogen) atoms. The highest BCUT2D eigenvalue weighted by Gasteiger charge is 2.46. The number of oxime groups is 1. The summed E-state index contributed by atoms with van der Waals surface area (Å²) in [6, 6.07) is 6.38. The minimum Gasteiger partial charge on any atom is -0.379 e. The first-order chi connectivity index (χ1) is 10.9. The highest BCUT2D eigenvalue weighted by Crippen LogP contribution is 2.30. The molecule has 0 bridgehead atoms. The molecule has 1 aromatic rings. The molecule has 0 radical (unpaired) electrons. The zero-order chi connectivity index (χ0) is 16.6. The molecule has 3 rings (SSSR count). The summed E-state index contributed by atoms with van der Waals surface area (Å²) in [7, 11) is 0. The van der Waals surface area contributed by atoms with Crippen molar-refractivity contribution in [1.29, 1.82) is 0 Å². The number of hydrogen-bond donors (Lipinski definition) is 0. The summed E-state index contributed by atoms with van der Waals surface area (Å²) in [5.74, 6) is -0.491. The lowest BCUT2D eigenvalue weighted by Crippen LogP contribution is -2.55. The average molecular weight is 320 g/mol. The van der Waals surface area contributed by atoms with E-state index in [9.17, 15) is 9.18 Å². The van der Waals surface area contributed by atoms with Gasteiger partial charge in [0.25, 0.3) is 5.91 Å². The van der Waals surface area contributed by atoms with Gasteiger partial charge in [0.1, 0.15) is 5.82 Å². The quantitative estimate of drug-likeness (QED) is 0.840. The Hall–Kier alpha value is -1.95. The Morgan fingerprint density at radius 3 is 2.61 bits per heavy atom. The molecule has 1 fully saturated rings. The molecule has 0 N–H and O–H groups in total. The maximum Gasteiger partial charge on any atom is 0.269 e. The normalized spacial score (nSPS) is 30.8. The third-order valence-electron chi connectivity index (χ3n) is 4.21. The molecule has 2 aliphatic heterocycles. The van der Waals surface area contributed by atoms with Crippen molar-refractivity contribution < 1.29 is 18.8 Å². The van der Waals surface area contributed by atoms with Crippen LogP contribution < -0.4 is 0 Å². The van der Waals surface area contributed by atoms with E-state index in [4.69, 9.17) is 9.57 Å². The van der Waals surface area contributed by atoms with E-state index in [2.05, 4.69) is 5.16 Å². The molecule has 0 unspecified atom stereocenters. The van der Waals surface area contributed by atoms with E-state index in [1.807, 2.05) is 13.8 Å². The summed E-state index contributed by atoms with van der Waals surface area (Å²) >= 11 is 0. The number of carbonyl (C=O) groups excluding carboxylic acids is 1. The van der Waals surface area contributed by atoms with Gasteiger partial charge in [0, 0.05) is 25.1 Å². The molecular weight excluding hydrogens is 299 g/mol. The standard InChI is InChI=1S/C17H21FN2O3/c1-11-9-20(10-12(2)22-11)16(21)17(3)8-15(19-23-17)13-6-4-5-7-14(13)18/h4-7,11-12H,8-10H2,1-3H3/t11-,12+,17-/m1/s1. The largest absolute Gasteiger partial charge is 0.379 e. The molecule has 0 aromatic heterocycles. The highest BCUT2D eigenvalue weighted by molar-refractivity contribution is 6.05. The fourth-order valence-electron chi connectivity index (χ4n) is 3.17. The zero-order valence-corrected chi connectivity index (χ0v) is 13.6. The van der Waals surface area contributed by atoms with Crippen LogP contribution >= 0.6 is 0 Å². The molecule has 0 spiro atoms. The Kier molecular flexibility index (Phi) is 4.10. The minimum absolute atomic E-state index is 0.0142. The van der Waals surface area contributed by atoms with E-state index in [0.29, 0.717) is 24.4 Å². The van der Waals surface area contributed by atoms with Gasteiger partial charge in [0.05, 0.1) is 17.9 Å². The van der Waals surface area contributed by atoms with Crippen molar-refractivity contribution in [3.63, 3.8) is 0 Å². The second kappa shape index (κ2) is 5.92. The Morgan fingerprint density at radius 1 is 1.30 bits per heavy atom. The summed E-state index contributed by atoms with van der Waals surface area (Å²) in [5, 5.41) is 3.97. The van der Waals surface area contributed by atoms with Gasteiger partial charge in [-0.15, -0.1) is 0 Å². The van der Waals surface area contributed by atoms with E-state index < -0.39 is 5.60 Å². The van der Waals surface area contributed by atoms with Crippen molar-refractivity contribution in [2.24, 2.45) is 5.16 Å². The Morgan fingerprint density at radius 2 is 1.96 bits per heavy atom. The molecule has 2 aliphatic rings. The van der Waals surface area contributed by atoms with Crippen molar-refractivity contribution in [2.75, 3.05) is 13.1 Å². The lowest BCUT2D eigenvalue weighted by atomic mass is 9.94. The topological polar surface area (TPSA) is 51.1 Å². The van der Waals surface area contributed by atoms with Crippen molar-refractivity contribution in [2.45, 2.75) is 45.0 Å². The molecule has 1 aromatic carbocycles. The van der Waals surface area contributed by atoms with Crippen molar-refractivity contribution in [3.05, 3.63) is 35.6 Å². The van der Waals surface area contributed by atoms with Crippen LogP contribution in [-0.4, -0.2) is 47.4 Å². The first-order valence-corrected chi connectivity index (χ1v) is 7.84. The Labute approximate surface area is 135 Å². The fraction of sp³-hybridized carbons (Fsp3) is 0.529. The Balaban J connectivity index is 1.75. The number of nitrogens with zero attached hydrogens (tertiary/aromatic N) is 2. The lowest BCUT2D eigenvalue weighted by molar-refractivity contribution is -0.164. The van der Waals surface area contributed by atoms with E-state index in [1.165, 1.54) is 6.07 Å². The molecular formula is C17H21FN2O3. The molecule has 124 valence electrons. The van der Waals surface area contributed by atoms with Gasteiger partial charge in [-0.05, 0) is 26.8 Å². The first-order valence-electron chi connectivity index (χ1n) is 7.84. The predicted octanol–water partition coefficient (Wildman–Crippen LogP) is 2.34. The maximum absolute atomic E-state index is 13.9. The summed E-state index contributed by atoms with van der Waals surface area (Å²) in [6.45, 7) is 6.63. The third kappa shape index (κ3) is 3.08. The SMILES string of the molecule is C[C@@H]1CN(C(=O)[C@@]2(C)CC(c3ccccc3F)=NO2)C[C@H](C)O1. The third-order valence-corrected chi connectivity index (χ3v) is 4.21. The summed E-state index contributed by atoms with van der Waals surface area (Å²) in [5.41, 5.74) is -0.241. The molecule has 3 atom stereocenters.